The zero-order valence-electron chi connectivity index (χ0n) is 12.0. The minimum Gasteiger partial charge on any atom is -0.399 e. The average molecular weight is 428 g/mol. The first-order valence-electron chi connectivity index (χ1n) is 6.19. The number of hydrogen-bond acceptors (Lipinski definition) is 3. The molecule has 0 radical (unpaired) electrons. The van der Waals surface area contributed by atoms with Crippen molar-refractivity contribution in [2.75, 3.05) is 12.3 Å². The van der Waals surface area contributed by atoms with Crippen molar-refractivity contribution in [3.05, 3.63) is 21.1 Å². The van der Waals surface area contributed by atoms with E-state index in [0.717, 1.165) is 0 Å². The predicted octanol–water partition coefficient (Wildman–Crippen LogP) is 3.75. The third-order valence-corrected chi connectivity index (χ3v) is 6.65. The van der Waals surface area contributed by atoms with Crippen LogP contribution in [-0.4, -0.2) is 15.0 Å². The number of benzene rings is 1. The first-order valence-corrected chi connectivity index (χ1v) is 9.26. The Bertz CT molecular complexity index is 572. The molecule has 0 heterocycles. The van der Waals surface area contributed by atoms with Gasteiger partial charge in [-0.2, -0.15) is 0 Å². The smallest absolute Gasteiger partial charge is 0.242 e. The quantitative estimate of drug-likeness (QED) is 0.718. The number of sulfonamides is 1. The van der Waals surface area contributed by atoms with Crippen LogP contribution in [0.4, 0.5) is 5.69 Å². The highest BCUT2D eigenvalue weighted by Crippen LogP contribution is 2.32. The lowest BCUT2D eigenvalue weighted by Gasteiger charge is -2.27. The van der Waals surface area contributed by atoms with E-state index >= 15 is 0 Å². The van der Waals surface area contributed by atoms with E-state index in [1.165, 1.54) is 0 Å². The highest BCUT2D eigenvalue weighted by Gasteiger charge is 2.25. The predicted molar refractivity (Wildman–Crippen MR) is 90.1 cm³/mol. The van der Waals surface area contributed by atoms with E-state index in [-0.39, 0.29) is 16.2 Å². The molecule has 7 heteroatoms. The van der Waals surface area contributed by atoms with Crippen LogP contribution in [0.3, 0.4) is 0 Å². The molecule has 0 saturated carbocycles. The first-order chi connectivity index (χ1) is 8.95. The third kappa shape index (κ3) is 4.44. The molecule has 0 aliphatic heterocycles. The molecule has 1 atom stereocenters. The molecule has 1 unspecified atom stereocenters. The number of rotatable bonds is 4. The van der Waals surface area contributed by atoms with E-state index in [2.05, 4.69) is 57.4 Å². The van der Waals surface area contributed by atoms with Crippen molar-refractivity contribution >= 4 is 47.6 Å². The summed E-state index contributed by atoms with van der Waals surface area (Å²) in [5.74, 6) is 0.212. The summed E-state index contributed by atoms with van der Waals surface area (Å²) in [4.78, 5) is 0.174. The molecule has 114 valence electrons. The van der Waals surface area contributed by atoms with Crippen LogP contribution in [0, 0.1) is 11.3 Å². The van der Waals surface area contributed by atoms with E-state index in [4.69, 9.17) is 5.73 Å². The number of hydrogen-bond donors (Lipinski definition) is 2. The second kappa shape index (κ2) is 6.34. The van der Waals surface area contributed by atoms with Crippen LogP contribution in [0.1, 0.15) is 27.7 Å². The third-order valence-electron chi connectivity index (χ3n) is 3.35. The maximum atomic E-state index is 12.4. The van der Waals surface area contributed by atoms with E-state index < -0.39 is 10.0 Å². The van der Waals surface area contributed by atoms with Crippen molar-refractivity contribution in [1.82, 2.24) is 4.72 Å². The Morgan fingerprint density at radius 1 is 1.25 bits per heavy atom. The topological polar surface area (TPSA) is 72.2 Å². The van der Waals surface area contributed by atoms with Crippen LogP contribution < -0.4 is 10.5 Å². The van der Waals surface area contributed by atoms with Gasteiger partial charge in [-0.3, -0.25) is 0 Å². The number of nitrogens with two attached hydrogens (primary N) is 1. The summed E-state index contributed by atoms with van der Waals surface area (Å²) in [7, 11) is -3.59. The van der Waals surface area contributed by atoms with E-state index in [1.807, 2.05) is 6.92 Å². The van der Waals surface area contributed by atoms with Crippen LogP contribution >= 0.6 is 31.9 Å². The molecule has 0 aromatic heterocycles. The Balaban J connectivity index is 3.02. The van der Waals surface area contributed by atoms with Gasteiger partial charge in [0.1, 0.15) is 4.90 Å². The number of nitrogen functional groups attached to an aromatic ring is 1. The summed E-state index contributed by atoms with van der Waals surface area (Å²) >= 11 is 6.50. The molecule has 0 aliphatic rings. The van der Waals surface area contributed by atoms with Crippen LogP contribution in [0.5, 0.6) is 0 Å². The molecular weight excluding hydrogens is 408 g/mol. The molecule has 0 fully saturated rings. The fourth-order valence-electron chi connectivity index (χ4n) is 1.45. The Morgan fingerprint density at radius 3 is 2.10 bits per heavy atom. The van der Waals surface area contributed by atoms with Gasteiger partial charge >= 0.3 is 0 Å². The zero-order valence-corrected chi connectivity index (χ0v) is 16.0. The largest absolute Gasteiger partial charge is 0.399 e. The Hall–Kier alpha value is -0.110. The summed E-state index contributed by atoms with van der Waals surface area (Å²) < 4.78 is 28.4. The molecule has 0 aliphatic carbocycles. The molecule has 3 N–H and O–H groups in total. The fourth-order valence-corrected chi connectivity index (χ4v) is 5.19. The maximum absolute atomic E-state index is 12.4. The van der Waals surface area contributed by atoms with Gasteiger partial charge in [-0.1, -0.05) is 27.7 Å². The van der Waals surface area contributed by atoms with Crippen molar-refractivity contribution in [2.45, 2.75) is 32.6 Å². The maximum Gasteiger partial charge on any atom is 0.242 e. The number of anilines is 1. The molecule has 20 heavy (non-hydrogen) atoms. The van der Waals surface area contributed by atoms with Crippen LogP contribution in [-0.2, 0) is 10.0 Å². The van der Waals surface area contributed by atoms with Gasteiger partial charge in [0.2, 0.25) is 10.0 Å². The lowest BCUT2D eigenvalue weighted by atomic mass is 9.82. The summed E-state index contributed by atoms with van der Waals surface area (Å²) in [6.45, 7) is 8.66. The van der Waals surface area contributed by atoms with E-state index in [9.17, 15) is 8.42 Å². The summed E-state index contributed by atoms with van der Waals surface area (Å²) in [5.41, 5.74) is 6.21. The van der Waals surface area contributed by atoms with Crippen LogP contribution in [0.15, 0.2) is 26.0 Å². The normalized spacial score (nSPS) is 14.3. The minimum atomic E-state index is -3.59. The van der Waals surface area contributed by atoms with Crippen molar-refractivity contribution < 1.29 is 8.42 Å². The molecule has 4 nitrogen and oxygen atoms in total. The van der Waals surface area contributed by atoms with Gasteiger partial charge in [-0.05, 0) is 55.3 Å². The van der Waals surface area contributed by atoms with Crippen LogP contribution in [0.2, 0.25) is 0 Å². The first kappa shape index (κ1) is 17.9. The number of nitrogens with one attached hydrogen (secondary N) is 1. The van der Waals surface area contributed by atoms with Crippen molar-refractivity contribution in [1.29, 1.82) is 0 Å². The molecule has 0 saturated heterocycles. The lowest BCUT2D eigenvalue weighted by Crippen LogP contribution is -2.34. The van der Waals surface area contributed by atoms with Gasteiger partial charge in [-0.25, -0.2) is 13.1 Å². The fraction of sp³-hybridized carbons (Fsp3) is 0.538. The monoisotopic (exact) mass is 426 g/mol. The highest BCUT2D eigenvalue weighted by molar-refractivity contribution is 9.11. The SMILES string of the molecule is CC(CNS(=O)(=O)c1c(Br)cc(N)cc1Br)C(C)(C)C. The molecule has 1 rings (SSSR count). The van der Waals surface area contributed by atoms with E-state index in [0.29, 0.717) is 21.2 Å². The highest BCUT2D eigenvalue weighted by atomic mass is 79.9. The molecule has 1 aromatic carbocycles. The van der Waals surface area contributed by atoms with Gasteiger partial charge in [-0.15, -0.1) is 0 Å². The van der Waals surface area contributed by atoms with Gasteiger partial charge in [0.05, 0.1) is 0 Å². The Kier molecular flexibility index (Phi) is 5.68. The summed E-state index contributed by atoms with van der Waals surface area (Å²) in [5, 5.41) is 0. The van der Waals surface area contributed by atoms with Gasteiger partial charge in [0.15, 0.2) is 0 Å². The van der Waals surface area contributed by atoms with Gasteiger partial charge in [0, 0.05) is 21.2 Å². The second-order valence-electron chi connectivity index (χ2n) is 5.93. The lowest BCUT2D eigenvalue weighted by molar-refractivity contribution is 0.263. The summed E-state index contributed by atoms with van der Waals surface area (Å²) in [6, 6.07) is 3.15. The van der Waals surface area contributed by atoms with Gasteiger partial charge < -0.3 is 5.73 Å². The molecule has 0 bridgehead atoms. The zero-order chi connectivity index (χ0) is 15.7. The van der Waals surface area contributed by atoms with Gasteiger partial charge in [0.25, 0.3) is 0 Å². The molecule has 0 spiro atoms. The van der Waals surface area contributed by atoms with Crippen molar-refractivity contribution in [2.24, 2.45) is 11.3 Å². The summed E-state index contributed by atoms with van der Waals surface area (Å²) in [6.07, 6.45) is 0. The van der Waals surface area contributed by atoms with Crippen molar-refractivity contribution in [3.63, 3.8) is 0 Å². The molecular formula is C13H20Br2N2O2S. The minimum absolute atomic E-state index is 0.0398. The molecule has 0 amide bonds. The Morgan fingerprint density at radius 2 is 1.70 bits per heavy atom. The standard InChI is InChI=1S/C13H20Br2N2O2S/c1-8(13(2,3)4)7-17-20(18,19)12-10(14)5-9(16)6-11(12)15/h5-6,8,17H,7,16H2,1-4H3. The molecule has 1 aromatic rings. The second-order valence-corrected chi connectivity index (χ2v) is 9.35. The average Bonchev–Trinajstić information content (AvgIpc) is 2.22. The van der Waals surface area contributed by atoms with Crippen LogP contribution in [0.25, 0.3) is 0 Å². The Labute approximate surface area is 137 Å². The van der Waals surface area contributed by atoms with E-state index in [1.54, 1.807) is 12.1 Å². The van der Waals surface area contributed by atoms with Crippen molar-refractivity contribution in [3.8, 4) is 0 Å². The number of halogens is 2.